The summed E-state index contributed by atoms with van der Waals surface area (Å²) >= 11 is 3.11. The summed E-state index contributed by atoms with van der Waals surface area (Å²) in [6.45, 7) is 1.97. The second kappa shape index (κ2) is 6.37. The fraction of sp³-hybridized carbons (Fsp3) is 0.125. The minimum atomic E-state index is -0.511. The largest absolute Gasteiger partial charge is 0.463 e. The average Bonchev–Trinajstić information content (AvgIpc) is 3.18. The molecule has 2 heterocycles. The fourth-order valence-corrected chi connectivity index (χ4v) is 2.42. The molecule has 0 radical (unpaired) electrons. The summed E-state index contributed by atoms with van der Waals surface area (Å²) in [4.78, 5) is 12.1. The zero-order valence-electron chi connectivity index (χ0n) is 12.1. The van der Waals surface area contributed by atoms with Crippen LogP contribution in [0.5, 0.6) is 0 Å². The van der Waals surface area contributed by atoms with E-state index >= 15 is 0 Å². The second-order valence-corrected chi connectivity index (χ2v) is 5.47. The van der Waals surface area contributed by atoms with E-state index in [-0.39, 0.29) is 12.2 Å². The molecule has 0 aliphatic heterocycles. The van der Waals surface area contributed by atoms with Gasteiger partial charge < -0.3 is 9.15 Å². The monoisotopic (exact) mass is 378 g/mol. The van der Waals surface area contributed by atoms with Crippen LogP contribution in [0.4, 0.5) is 4.39 Å². The van der Waals surface area contributed by atoms with Crippen LogP contribution in [0, 0.1) is 5.82 Å². The van der Waals surface area contributed by atoms with E-state index in [4.69, 9.17) is 9.15 Å². The molecule has 7 heteroatoms. The fourth-order valence-electron chi connectivity index (χ4n) is 2.17. The van der Waals surface area contributed by atoms with Gasteiger partial charge in [0.2, 0.25) is 0 Å². The average molecular weight is 379 g/mol. The molecule has 0 unspecified atom stereocenters. The molecule has 2 aromatic heterocycles. The third-order valence-electron chi connectivity index (χ3n) is 3.17. The van der Waals surface area contributed by atoms with Crippen LogP contribution in [-0.4, -0.2) is 22.4 Å². The number of carbonyl (C=O) groups is 1. The predicted octanol–water partition coefficient (Wildman–Crippen LogP) is 4.21. The Hall–Kier alpha value is -2.41. The number of benzene rings is 1. The zero-order chi connectivity index (χ0) is 16.4. The van der Waals surface area contributed by atoms with E-state index in [2.05, 4.69) is 21.0 Å². The molecule has 0 amide bonds. The predicted molar refractivity (Wildman–Crippen MR) is 84.9 cm³/mol. The highest BCUT2D eigenvalue weighted by Crippen LogP contribution is 2.29. The molecule has 1 aromatic carbocycles. The molecular formula is C16H12BrFN2O3. The first kappa shape index (κ1) is 15.5. The van der Waals surface area contributed by atoms with Gasteiger partial charge in [-0.15, -0.1) is 0 Å². The number of furan rings is 1. The molecule has 3 rings (SSSR count). The maximum atomic E-state index is 13.8. The summed E-state index contributed by atoms with van der Waals surface area (Å²) in [5, 5.41) is 4.19. The van der Waals surface area contributed by atoms with Gasteiger partial charge in [0.05, 0.1) is 29.2 Å². The number of hydrogen-bond donors (Lipinski definition) is 0. The molecule has 0 saturated heterocycles. The first-order chi connectivity index (χ1) is 11.1. The molecule has 0 atom stereocenters. The Labute approximate surface area is 139 Å². The van der Waals surface area contributed by atoms with Crippen LogP contribution in [0.2, 0.25) is 0 Å². The van der Waals surface area contributed by atoms with Gasteiger partial charge in [-0.2, -0.15) is 5.10 Å². The van der Waals surface area contributed by atoms with Crippen LogP contribution in [0.25, 0.3) is 17.1 Å². The second-order valence-electron chi connectivity index (χ2n) is 4.61. The van der Waals surface area contributed by atoms with Crippen molar-refractivity contribution in [2.75, 3.05) is 6.61 Å². The van der Waals surface area contributed by atoms with Gasteiger partial charge in [0.1, 0.15) is 17.1 Å². The molecule has 0 fully saturated rings. The molecule has 118 valence electrons. The standard InChI is InChI=1S/C16H12BrFN2O3/c1-2-22-16(21)11-9-19-20(15(11)14-4-3-7-23-14)10-5-6-12(17)13(18)8-10/h3-9H,2H2,1H3. The van der Waals surface area contributed by atoms with Crippen molar-refractivity contribution in [3.05, 3.63) is 58.6 Å². The number of ether oxygens (including phenoxy) is 1. The molecule has 5 nitrogen and oxygen atoms in total. The van der Waals surface area contributed by atoms with Crippen LogP contribution in [-0.2, 0) is 4.74 Å². The van der Waals surface area contributed by atoms with Crippen LogP contribution >= 0.6 is 15.9 Å². The SMILES string of the molecule is CCOC(=O)c1cnn(-c2ccc(Br)c(F)c2)c1-c1ccco1. The number of aromatic nitrogens is 2. The number of carbonyl (C=O) groups excluding carboxylic acids is 1. The lowest BCUT2D eigenvalue weighted by molar-refractivity contribution is 0.0527. The molecule has 0 N–H and O–H groups in total. The number of rotatable bonds is 4. The third-order valence-corrected chi connectivity index (χ3v) is 3.81. The summed E-state index contributed by atoms with van der Waals surface area (Å²) in [5.74, 6) is -0.502. The Kier molecular flexibility index (Phi) is 4.29. The minimum Gasteiger partial charge on any atom is -0.463 e. The van der Waals surface area contributed by atoms with E-state index < -0.39 is 11.8 Å². The minimum absolute atomic E-state index is 0.245. The van der Waals surface area contributed by atoms with Crippen LogP contribution in [0.1, 0.15) is 17.3 Å². The Morgan fingerprint density at radius 2 is 2.26 bits per heavy atom. The van der Waals surface area contributed by atoms with Gasteiger partial charge in [-0.25, -0.2) is 13.9 Å². The summed E-state index contributed by atoms with van der Waals surface area (Å²) in [7, 11) is 0. The Balaban J connectivity index is 2.17. The molecule has 0 aliphatic carbocycles. The molecular weight excluding hydrogens is 367 g/mol. The van der Waals surface area contributed by atoms with E-state index in [9.17, 15) is 9.18 Å². The molecule has 0 spiro atoms. The number of hydrogen-bond acceptors (Lipinski definition) is 4. The van der Waals surface area contributed by atoms with Gasteiger partial charge in [-0.3, -0.25) is 0 Å². The maximum Gasteiger partial charge on any atom is 0.342 e. The molecule has 0 saturated carbocycles. The van der Waals surface area contributed by atoms with Crippen molar-refractivity contribution >= 4 is 21.9 Å². The van der Waals surface area contributed by atoms with Crippen molar-refractivity contribution in [3.63, 3.8) is 0 Å². The van der Waals surface area contributed by atoms with Gasteiger partial charge in [0, 0.05) is 6.07 Å². The van der Waals surface area contributed by atoms with E-state index in [0.717, 1.165) is 0 Å². The van der Waals surface area contributed by atoms with Gasteiger partial charge in [-0.1, -0.05) is 0 Å². The van der Waals surface area contributed by atoms with Crippen molar-refractivity contribution in [2.45, 2.75) is 6.92 Å². The van der Waals surface area contributed by atoms with E-state index in [1.807, 2.05) is 0 Å². The lowest BCUT2D eigenvalue weighted by atomic mass is 10.2. The summed E-state index contributed by atoms with van der Waals surface area (Å²) in [6.07, 6.45) is 2.87. The molecule has 3 aromatic rings. The third kappa shape index (κ3) is 2.92. The highest BCUT2D eigenvalue weighted by molar-refractivity contribution is 9.10. The van der Waals surface area contributed by atoms with Gasteiger partial charge in [0.15, 0.2) is 5.76 Å². The van der Waals surface area contributed by atoms with Crippen LogP contribution in [0.15, 0.2) is 51.7 Å². The van der Waals surface area contributed by atoms with Crippen molar-refractivity contribution in [3.8, 4) is 17.1 Å². The van der Waals surface area contributed by atoms with E-state index in [1.54, 1.807) is 31.2 Å². The lowest BCUT2D eigenvalue weighted by Gasteiger charge is -2.08. The van der Waals surface area contributed by atoms with Crippen molar-refractivity contribution in [1.82, 2.24) is 9.78 Å². The van der Waals surface area contributed by atoms with Gasteiger partial charge in [0.25, 0.3) is 0 Å². The number of nitrogens with zero attached hydrogens (tertiary/aromatic N) is 2. The van der Waals surface area contributed by atoms with Crippen LogP contribution < -0.4 is 0 Å². The summed E-state index contributed by atoms with van der Waals surface area (Å²) < 4.78 is 26.0. The zero-order valence-corrected chi connectivity index (χ0v) is 13.7. The highest BCUT2D eigenvalue weighted by Gasteiger charge is 2.23. The lowest BCUT2D eigenvalue weighted by Crippen LogP contribution is -2.07. The number of halogens is 2. The van der Waals surface area contributed by atoms with Gasteiger partial charge in [-0.05, 0) is 47.1 Å². The van der Waals surface area contributed by atoms with E-state index in [1.165, 1.54) is 23.2 Å². The number of esters is 1. The van der Waals surface area contributed by atoms with Crippen LogP contribution in [0.3, 0.4) is 0 Å². The summed E-state index contributed by atoms with van der Waals surface area (Å²) in [6, 6.07) is 7.97. The Morgan fingerprint density at radius 3 is 2.91 bits per heavy atom. The van der Waals surface area contributed by atoms with E-state index in [0.29, 0.717) is 21.6 Å². The first-order valence-corrected chi connectivity index (χ1v) is 7.65. The van der Waals surface area contributed by atoms with Gasteiger partial charge >= 0.3 is 5.97 Å². The first-order valence-electron chi connectivity index (χ1n) is 6.86. The quantitative estimate of drug-likeness (QED) is 0.638. The highest BCUT2D eigenvalue weighted by atomic mass is 79.9. The van der Waals surface area contributed by atoms with Crippen molar-refractivity contribution in [2.24, 2.45) is 0 Å². The Bertz CT molecular complexity index is 843. The maximum absolute atomic E-state index is 13.8. The smallest absolute Gasteiger partial charge is 0.342 e. The summed E-state index contributed by atoms with van der Waals surface area (Å²) in [5.41, 5.74) is 1.13. The Morgan fingerprint density at radius 1 is 1.43 bits per heavy atom. The molecule has 0 bridgehead atoms. The van der Waals surface area contributed by atoms with Crippen molar-refractivity contribution < 1.29 is 18.3 Å². The topological polar surface area (TPSA) is 57.3 Å². The normalized spacial score (nSPS) is 10.7. The molecule has 0 aliphatic rings. The molecule has 23 heavy (non-hydrogen) atoms. The van der Waals surface area contributed by atoms with Crippen molar-refractivity contribution in [1.29, 1.82) is 0 Å².